The molecule has 2 saturated heterocycles. The first-order chi connectivity index (χ1) is 36.4. The van der Waals surface area contributed by atoms with Gasteiger partial charge in [0.2, 0.25) is 5.79 Å². The van der Waals surface area contributed by atoms with Crippen molar-refractivity contribution in [3.63, 3.8) is 0 Å². The number of ether oxygens (including phenoxy) is 7. The Kier molecular flexibility index (Phi) is 26.3. The molecule has 4 aliphatic rings. The normalized spacial score (nSPS) is 36.6. The summed E-state index contributed by atoms with van der Waals surface area (Å²) < 4.78 is 40.9. The summed E-state index contributed by atoms with van der Waals surface area (Å²) in [6.07, 6.45) is 9.48. The summed E-state index contributed by atoms with van der Waals surface area (Å²) in [7, 11) is 4.42. The predicted octanol–water partition coefficient (Wildman–Crippen LogP) is 6.71. The fraction of sp³-hybridized carbons (Fsp3) is 0.741. The minimum Gasteiger partial charge on any atom is -0.464 e. The summed E-state index contributed by atoms with van der Waals surface area (Å²) in [6.45, 7) is 13.0. The Morgan fingerprint density at radius 3 is 2.26 bits per heavy atom. The number of amides is 1. The van der Waals surface area contributed by atoms with Crippen molar-refractivity contribution in [3.05, 3.63) is 47.6 Å². The number of cyclic esters (lactones) is 1. The number of halogens is 1. The van der Waals surface area contributed by atoms with Crippen molar-refractivity contribution in [2.75, 3.05) is 45.5 Å². The van der Waals surface area contributed by atoms with Crippen LogP contribution in [-0.2, 0) is 66.7 Å². The van der Waals surface area contributed by atoms with E-state index in [1.54, 1.807) is 40.9 Å². The number of fused-ring (bicyclic) bond motifs is 3. The first-order valence-corrected chi connectivity index (χ1v) is 28.9. The van der Waals surface area contributed by atoms with Crippen LogP contribution in [0.4, 0.5) is 0 Å². The van der Waals surface area contributed by atoms with Crippen LogP contribution in [0.15, 0.2) is 47.6 Å². The smallest absolute Gasteiger partial charge is 0.329 e. The Labute approximate surface area is 469 Å². The van der Waals surface area contributed by atoms with E-state index in [1.165, 1.54) is 21.1 Å². The van der Waals surface area contributed by atoms with Crippen LogP contribution in [0, 0.1) is 40.9 Å². The van der Waals surface area contributed by atoms with Crippen molar-refractivity contribution in [1.82, 2.24) is 4.90 Å². The molecular formula is C58H88INO17. The van der Waals surface area contributed by atoms with E-state index in [0.717, 1.165) is 10.5 Å². The van der Waals surface area contributed by atoms with E-state index in [9.17, 15) is 48.9 Å². The number of piperidine rings is 1. The lowest BCUT2D eigenvalue weighted by molar-refractivity contribution is -0.265. The summed E-state index contributed by atoms with van der Waals surface area (Å²) in [4.78, 5) is 98.0. The predicted molar refractivity (Wildman–Crippen MR) is 294 cm³/mol. The highest BCUT2D eigenvalue weighted by Crippen LogP contribution is 2.39. The number of methoxy groups -OCH3 is 3. The summed E-state index contributed by atoms with van der Waals surface area (Å²) in [5, 5.41) is 33.7. The molecular weight excluding hydrogens is 1110 g/mol. The molecule has 0 aromatic rings. The van der Waals surface area contributed by atoms with Crippen LogP contribution in [0.5, 0.6) is 0 Å². The molecule has 3 N–H and O–H groups in total. The van der Waals surface area contributed by atoms with Gasteiger partial charge in [-0.15, -0.1) is 0 Å². The maximum atomic E-state index is 14.6. The first-order valence-electron chi connectivity index (χ1n) is 27.4. The van der Waals surface area contributed by atoms with Gasteiger partial charge in [-0.25, -0.2) is 4.79 Å². The molecule has 3 aliphatic heterocycles. The summed E-state index contributed by atoms with van der Waals surface area (Å²) >= 11 is 1.84. The molecule has 16 atom stereocenters. The highest BCUT2D eigenvalue weighted by molar-refractivity contribution is 14.1. The Bertz CT molecular complexity index is 2160. The van der Waals surface area contributed by atoms with Crippen molar-refractivity contribution in [2.45, 2.75) is 187 Å². The molecule has 434 valence electrons. The Morgan fingerprint density at radius 2 is 1.61 bits per heavy atom. The van der Waals surface area contributed by atoms with Gasteiger partial charge in [0.05, 0.1) is 29.3 Å². The molecule has 1 amide bonds. The molecule has 1 saturated carbocycles. The van der Waals surface area contributed by atoms with E-state index >= 15 is 0 Å². The number of aliphatic hydroxyl groups excluding tert-OH is 2. The van der Waals surface area contributed by atoms with E-state index < -0.39 is 120 Å². The minimum absolute atomic E-state index is 0.0133. The molecule has 0 aromatic heterocycles. The van der Waals surface area contributed by atoms with E-state index in [-0.39, 0.29) is 60.2 Å². The molecule has 3 heterocycles. The lowest BCUT2D eigenvalue weighted by Crippen LogP contribution is -2.61. The lowest BCUT2D eigenvalue weighted by Gasteiger charge is -2.42. The van der Waals surface area contributed by atoms with Gasteiger partial charge in [-0.3, -0.25) is 28.8 Å². The van der Waals surface area contributed by atoms with Gasteiger partial charge in [-0.2, -0.15) is 0 Å². The van der Waals surface area contributed by atoms with Crippen LogP contribution in [0.3, 0.4) is 0 Å². The third-order valence-electron chi connectivity index (χ3n) is 16.2. The number of ketones is 3. The maximum absolute atomic E-state index is 14.6. The number of hydrogen-bond acceptors (Lipinski definition) is 17. The number of carbonyl (C=O) groups excluding carboxylic acids is 7. The number of esters is 3. The van der Waals surface area contributed by atoms with Gasteiger partial charge in [0, 0.05) is 58.5 Å². The fourth-order valence-electron chi connectivity index (χ4n) is 11.0. The summed E-state index contributed by atoms with van der Waals surface area (Å²) in [6, 6.07) is -1.21. The van der Waals surface area contributed by atoms with Crippen molar-refractivity contribution in [2.24, 2.45) is 40.9 Å². The van der Waals surface area contributed by atoms with Gasteiger partial charge in [0.25, 0.3) is 11.7 Å². The number of rotatable bonds is 12. The molecule has 77 heavy (non-hydrogen) atoms. The van der Waals surface area contributed by atoms with Crippen LogP contribution in [0.2, 0.25) is 0 Å². The number of hydrogen-bond donors (Lipinski definition) is 3. The van der Waals surface area contributed by atoms with Gasteiger partial charge < -0.3 is 53.4 Å². The number of aliphatic hydroxyl groups is 3. The van der Waals surface area contributed by atoms with Crippen LogP contribution in [0.1, 0.15) is 132 Å². The number of Topliss-reactive ketones (excluding diaryl/α,β-unsaturated/α-hetero) is 3. The largest absolute Gasteiger partial charge is 0.464 e. The molecule has 0 radical (unpaired) electrons. The second-order valence-electron chi connectivity index (χ2n) is 22.5. The molecule has 3 fully saturated rings. The zero-order valence-electron chi connectivity index (χ0n) is 47.2. The third kappa shape index (κ3) is 17.9. The van der Waals surface area contributed by atoms with Gasteiger partial charge in [0.15, 0.2) is 5.78 Å². The van der Waals surface area contributed by atoms with Crippen molar-refractivity contribution < 1.29 is 82.0 Å². The monoisotopic (exact) mass is 1200 g/mol. The highest BCUT2D eigenvalue weighted by atomic mass is 127. The minimum atomic E-state index is -2.48. The Morgan fingerprint density at radius 1 is 0.896 bits per heavy atom. The van der Waals surface area contributed by atoms with Crippen molar-refractivity contribution in [1.29, 1.82) is 0 Å². The number of allylic oxidation sites excluding steroid dienone is 6. The van der Waals surface area contributed by atoms with E-state index in [1.807, 2.05) is 73.7 Å². The zero-order valence-corrected chi connectivity index (χ0v) is 49.4. The second-order valence-corrected chi connectivity index (χ2v) is 23.2. The second kappa shape index (κ2) is 30.8. The topological polar surface area (TPSA) is 248 Å². The average molecular weight is 1200 g/mol. The molecule has 4 rings (SSSR count). The summed E-state index contributed by atoms with van der Waals surface area (Å²) in [5.74, 6) is -10.0. The van der Waals surface area contributed by atoms with E-state index in [4.69, 9.17) is 33.2 Å². The van der Waals surface area contributed by atoms with E-state index in [2.05, 4.69) is 0 Å². The third-order valence-corrected chi connectivity index (χ3v) is 16.8. The zero-order chi connectivity index (χ0) is 57.4. The lowest BCUT2D eigenvalue weighted by atomic mass is 9.78. The SMILES string of the molecule is CO[C@H]1C[C@@H]2CC[C@@H](C)[C@@](O)(O2)C(=O)C(=O)N2CCCC[C@H]2C(=O)O[C@H]([C@H](C)C[C@@H]2CC[C@@H](OC(=O)C(C)(CO)COC(=O)CI)[C@H](OC)C2)CC(=O)[C@H](C)/C=C(\C)[C@@H](O)[C@@H](OC)C(=O)[C@H](C)C[C@H](C)/C=C/C=C/C=C/1C. The molecule has 18 nitrogen and oxygen atoms in total. The Balaban J connectivity index is 1.68. The highest BCUT2D eigenvalue weighted by Gasteiger charge is 2.53. The van der Waals surface area contributed by atoms with Crippen molar-refractivity contribution in [3.8, 4) is 0 Å². The van der Waals surface area contributed by atoms with Crippen LogP contribution in [-0.4, -0.2) is 161 Å². The number of carbonyl (C=O) groups is 7. The molecule has 2 bridgehead atoms. The molecule has 19 heteroatoms. The quantitative estimate of drug-likeness (QED) is 0.0459. The van der Waals surface area contributed by atoms with Gasteiger partial charge in [-0.05, 0) is 114 Å². The van der Waals surface area contributed by atoms with Crippen molar-refractivity contribution >= 4 is 63.8 Å². The van der Waals surface area contributed by atoms with Crippen LogP contribution in [0.25, 0.3) is 0 Å². The Hall–Kier alpha value is -3.70. The molecule has 1 unspecified atom stereocenters. The van der Waals surface area contributed by atoms with Gasteiger partial charge >= 0.3 is 17.9 Å². The fourth-order valence-corrected chi connectivity index (χ4v) is 11.2. The number of alkyl halides is 1. The number of nitrogens with zero attached hydrogens (tertiary/aromatic N) is 1. The maximum Gasteiger partial charge on any atom is 0.329 e. The standard InChI is InChI=1S/C58H88INO17/c1-34-17-13-12-14-18-35(2)46(71-9)29-42-22-20-40(7)58(70,77-42)53(66)54(67)60-24-16-15-19-43(60)55(68)75-47(30-44(62)36(3)26-39(6)51(65)52(73-11)50(64)38(5)25-34)37(4)27-41-21-23-45(48(28-41)72-10)76-56(69)57(8,32-61)33-74-49(63)31-59/h12-14,17-18,26,34,36-38,40-43,45-48,51-52,61,65,70H,15-16,19-25,27-33H2,1-11H3/b14-12+,17-13+,35-18+,39-26+/t34-,36-,37-,38-,40-,41+,42+,43+,45-,46+,47+,48-,51-,52+,57?,58-/m1/s1. The molecule has 0 spiro atoms. The van der Waals surface area contributed by atoms with Gasteiger partial charge in [0.1, 0.15) is 48.3 Å². The van der Waals surface area contributed by atoms with Gasteiger partial charge in [-0.1, -0.05) is 93.7 Å². The van der Waals surface area contributed by atoms with Crippen LogP contribution < -0.4 is 0 Å². The molecule has 0 aromatic carbocycles. The first kappa shape index (κ1) is 65.8. The summed E-state index contributed by atoms with van der Waals surface area (Å²) in [5.41, 5.74) is -0.301. The molecule has 1 aliphatic carbocycles. The van der Waals surface area contributed by atoms with E-state index in [0.29, 0.717) is 63.4 Å². The average Bonchev–Trinajstić information content (AvgIpc) is 3.41. The van der Waals surface area contributed by atoms with Crippen LogP contribution >= 0.6 is 22.6 Å².